The second-order valence-corrected chi connectivity index (χ2v) is 17.2. The Balaban J connectivity index is 1.12. The van der Waals surface area contributed by atoms with Gasteiger partial charge in [0.05, 0.1) is 19.3 Å². The summed E-state index contributed by atoms with van der Waals surface area (Å²) < 4.78 is 5.49. The summed E-state index contributed by atoms with van der Waals surface area (Å²) in [6.45, 7) is 1.29. The predicted octanol–water partition coefficient (Wildman–Crippen LogP) is 5.64. The lowest BCUT2D eigenvalue weighted by molar-refractivity contribution is -0.124. The first-order valence-corrected chi connectivity index (χ1v) is 21.4. The van der Waals surface area contributed by atoms with Crippen LogP contribution in [0, 0.1) is 35.5 Å². The molecule has 0 unspecified atom stereocenters. The number of unbranched alkanes of at least 4 members (excludes halogenated alkanes) is 1. The molecule has 0 amide bonds. The fourth-order valence-electron chi connectivity index (χ4n) is 10.3. The number of aliphatic hydroxyl groups is 2. The summed E-state index contributed by atoms with van der Waals surface area (Å²) in [5, 5.41) is 50.6. The van der Waals surface area contributed by atoms with Crippen molar-refractivity contribution >= 4 is 28.3 Å². The number of nitrogens with one attached hydrogen (secondary N) is 1. The van der Waals surface area contributed by atoms with Gasteiger partial charge in [0.2, 0.25) is 0 Å². The van der Waals surface area contributed by atoms with E-state index in [0.717, 1.165) is 90.1 Å². The van der Waals surface area contributed by atoms with Crippen LogP contribution in [0.25, 0.3) is 10.8 Å². The van der Waals surface area contributed by atoms with E-state index in [-0.39, 0.29) is 35.6 Å². The van der Waals surface area contributed by atoms with Gasteiger partial charge in [0.25, 0.3) is 0 Å². The second-order valence-electron chi connectivity index (χ2n) is 17.2. The lowest BCUT2D eigenvalue weighted by Gasteiger charge is -2.39. The number of aromatic hydroxyl groups is 2. The Morgan fingerprint density at radius 3 is 2.62 bits per heavy atom. The minimum Gasteiger partial charge on any atom is -0.508 e. The average molecular weight is 793 g/mol. The lowest BCUT2D eigenvalue weighted by atomic mass is 9.74. The Labute approximate surface area is 341 Å². The summed E-state index contributed by atoms with van der Waals surface area (Å²) >= 11 is 0. The number of aliphatic imine (C=N–C) groups is 1. The van der Waals surface area contributed by atoms with Gasteiger partial charge in [-0.05, 0) is 151 Å². The molecule has 8 atom stereocenters. The molecular weight excluding hydrogens is 733 g/mol. The molecule has 58 heavy (non-hydrogen) atoms. The van der Waals surface area contributed by atoms with Gasteiger partial charge in [-0.2, -0.15) is 0 Å². The van der Waals surface area contributed by atoms with Gasteiger partial charge in [-0.15, -0.1) is 0 Å². The minimum atomic E-state index is -0.900. The molecule has 11 nitrogen and oxygen atoms in total. The summed E-state index contributed by atoms with van der Waals surface area (Å²) in [5.74, 6) is 7.25. The summed E-state index contributed by atoms with van der Waals surface area (Å²) in [6.07, 6.45) is 8.79. The third-order valence-corrected chi connectivity index (χ3v) is 13.4. The summed E-state index contributed by atoms with van der Waals surface area (Å²) in [7, 11) is 1.50. The van der Waals surface area contributed by atoms with Crippen molar-refractivity contribution in [1.29, 1.82) is 0 Å². The van der Waals surface area contributed by atoms with E-state index in [1.54, 1.807) is 24.3 Å². The van der Waals surface area contributed by atoms with Crippen molar-refractivity contribution in [3.63, 3.8) is 0 Å². The number of ether oxygens (including phenoxy) is 1. The van der Waals surface area contributed by atoms with E-state index in [4.69, 9.17) is 16.2 Å². The number of ketones is 2. The number of nitrogens with zero attached hydrogens (tertiary/aromatic N) is 1. The van der Waals surface area contributed by atoms with E-state index in [1.165, 1.54) is 7.11 Å². The Kier molecular flexibility index (Phi) is 13.3. The van der Waals surface area contributed by atoms with Gasteiger partial charge in [-0.25, -0.2) is 0 Å². The highest BCUT2D eigenvalue weighted by molar-refractivity contribution is 5.91. The zero-order valence-corrected chi connectivity index (χ0v) is 33.7. The molecule has 7 rings (SSSR count). The number of rotatable bonds is 11. The number of phenols is 2. The van der Waals surface area contributed by atoms with Crippen LogP contribution >= 0.6 is 0 Å². The highest BCUT2D eigenvalue weighted by Gasteiger charge is 2.36. The van der Waals surface area contributed by atoms with Crippen molar-refractivity contribution in [2.45, 2.75) is 120 Å². The molecule has 3 aliphatic carbocycles. The molecular formula is C47H60N4O7. The number of phenolic OH excluding ortho intramolecular Hbond substituents is 2. The van der Waals surface area contributed by atoms with Crippen LogP contribution in [0.5, 0.6) is 17.2 Å². The van der Waals surface area contributed by atoms with Gasteiger partial charge in [-0.3, -0.25) is 14.6 Å². The lowest BCUT2D eigenvalue weighted by Crippen LogP contribution is -2.48. The highest BCUT2D eigenvalue weighted by atomic mass is 16.5. The number of guanidine groups is 1. The quantitative estimate of drug-likeness (QED) is 0.0552. The number of hydrogen-bond acceptors (Lipinski definition) is 9. The third-order valence-electron chi connectivity index (χ3n) is 13.4. The molecule has 9 N–H and O–H groups in total. The third kappa shape index (κ3) is 9.46. The summed E-state index contributed by atoms with van der Waals surface area (Å²) in [4.78, 5) is 29.9. The van der Waals surface area contributed by atoms with Crippen LogP contribution in [0.2, 0.25) is 0 Å². The van der Waals surface area contributed by atoms with Crippen molar-refractivity contribution in [2.75, 3.05) is 20.2 Å². The minimum absolute atomic E-state index is 0.00312. The number of aryl methyl sites for hydroxylation is 2. The molecule has 0 aromatic heterocycles. The van der Waals surface area contributed by atoms with Crippen LogP contribution in [0.1, 0.15) is 117 Å². The Bertz CT molecular complexity index is 2080. The van der Waals surface area contributed by atoms with Gasteiger partial charge in [0.15, 0.2) is 23.2 Å². The number of hydrogen-bond donors (Lipinski definition) is 7. The smallest absolute Gasteiger partial charge is 0.185 e. The number of carbonyl (C=O) groups excluding carboxylic acids is 2. The van der Waals surface area contributed by atoms with Crippen LogP contribution in [0.4, 0.5) is 0 Å². The summed E-state index contributed by atoms with van der Waals surface area (Å²) in [5.41, 5.74) is 15.7. The van der Waals surface area contributed by atoms with Crippen LogP contribution in [-0.4, -0.2) is 70.3 Å². The van der Waals surface area contributed by atoms with Crippen molar-refractivity contribution in [3.05, 3.63) is 64.2 Å². The van der Waals surface area contributed by atoms with E-state index in [2.05, 4.69) is 22.2 Å². The topological polar surface area (TPSA) is 201 Å². The van der Waals surface area contributed by atoms with Crippen molar-refractivity contribution < 1.29 is 34.8 Å². The van der Waals surface area contributed by atoms with Crippen molar-refractivity contribution in [1.82, 2.24) is 5.32 Å². The van der Waals surface area contributed by atoms with E-state index >= 15 is 0 Å². The number of aliphatic hydroxyl groups excluding tert-OH is 2. The maximum atomic E-state index is 13.8. The SMILES string of the molecule is COc1cc2c(cc1O)[C@H]([C@@H]1CCCc3c(cc(CCN=C(N)N)c4cc(O)ccc34)[C@@H](O)C1)C#C[C@H]([C@H](O)CCCC[C@@H]1CN[C@@H]3CC(=O)CC[C@@H]3C1)C(=O)CC2. The number of carbonyl (C=O) groups is 2. The Hall–Kier alpha value is -4.63. The number of benzene rings is 3. The first-order chi connectivity index (χ1) is 28.0. The zero-order chi connectivity index (χ0) is 40.9. The molecule has 1 saturated heterocycles. The number of Topliss-reactive ketones (excluding diaryl/α,β-unsaturated/α-hetero) is 2. The normalized spacial score (nSPS) is 26.6. The van der Waals surface area contributed by atoms with Crippen LogP contribution in [0.15, 0.2) is 41.4 Å². The largest absolute Gasteiger partial charge is 0.508 e. The monoisotopic (exact) mass is 792 g/mol. The fourth-order valence-corrected chi connectivity index (χ4v) is 10.3. The van der Waals surface area contributed by atoms with Crippen molar-refractivity contribution in [3.8, 4) is 29.1 Å². The maximum absolute atomic E-state index is 13.8. The molecule has 2 fully saturated rings. The molecule has 4 aliphatic rings. The fraction of sp³-hybridized carbons (Fsp3) is 0.553. The first kappa shape index (κ1) is 41.5. The average Bonchev–Trinajstić information content (AvgIpc) is 3.25. The van der Waals surface area contributed by atoms with E-state index in [9.17, 15) is 30.0 Å². The Morgan fingerprint density at radius 1 is 0.966 bits per heavy atom. The standard InChI is InChI=1S/C47H60N4O7/c1-58-46-22-29-10-16-43(55)37(42(54)8-3-2-5-27-19-31-9-11-33(53)24-41(31)51-26-27)15-14-34(39(29)25-45(46)57)28-6-4-7-35-36-13-12-32(52)23-38(36)30(17-18-50-47(48)49)20-40(35)44(56)21-28/h12-13,20,22-23,25,27-28,31,34,37,41-42,44,51-52,54,56-57H,2-11,16-19,21,24,26H2,1H3,(H4,48,49,50)/t27-,28+,31+,34-,37+,41+,42+,44-/m0/s1. The first-order valence-electron chi connectivity index (χ1n) is 21.4. The van der Waals surface area contributed by atoms with Gasteiger partial charge in [0.1, 0.15) is 17.5 Å². The molecule has 0 spiro atoms. The zero-order valence-electron chi connectivity index (χ0n) is 33.7. The number of methoxy groups -OCH3 is 1. The maximum Gasteiger partial charge on any atom is 0.185 e. The van der Waals surface area contributed by atoms with Gasteiger partial charge in [0, 0.05) is 37.8 Å². The second kappa shape index (κ2) is 18.5. The molecule has 310 valence electrons. The van der Waals surface area contributed by atoms with Crippen LogP contribution < -0.4 is 21.5 Å². The summed E-state index contributed by atoms with van der Waals surface area (Å²) in [6, 6.07) is 11.2. The van der Waals surface area contributed by atoms with E-state index < -0.39 is 24.0 Å². The van der Waals surface area contributed by atoms with Gasteiger partial charge < -0.3 is 41.9 Å². The molecule has 0 bridgehead atoms. The van der Waals surface area contributed by atoms with E-state index in [0.29, 0.717) is 80.9 Å². The molecule has 1 aliphatic heterocycles. The molecule has 1 heterocycles. The molecule has 11 heteroatoms. The predicted molar refractivity (Wildman–Crippen MR) is 225 cm³/mol. The van der Waals surface area contributed by atoms with Crippen LogP contribution in [0.3, 0.4) is 0 Å². The van der Waals surface area contributed by atoms with Crippen molar-refractivity contribution in [2.24, 2.45) is 40.1 Å². The number of piperidine rings is 1. The van der Waals surface area contributed by atoms with E-state index in [1.807, 2.05) is 12.1 Å². The van der Waals surface area contributed by atoms with Gasteiger partial charge >= 0.3 is 0 Å². The molecule has 3 aromatic rings. The Morgan fingerprint density at radius 2 is 1.81 bits per heavy atom. The molecule has 3 aromatic carbocycles. The van der Waals surface area contributed by atoms with Crippen LogP contribution in [-0.2, 0) is 28.9 Å². The van der Waals surface area contributed by atoms with Gasteiger partial charge in [-0.1, -0.05) is 36.8 Å². The highest BCUT2D eigenvalue weighted by Crippen LogP contribution is 2.45. The number of fused-ring (bicyclic) bond motifs is 5. The number of nitrogens with two attached hydrogens (primary N) is 2. The molecule has 0 radical (unpaired) electrons. The molecule has 1 saturated carbocycles.